The average molecular weight is 278 g/mol. The summed E-state index contributed by atoms with van der Waals surface area (Å²) in [6.45, 7) is 0. The number of aryl methyl sites for hydroxylation is 1. The topological polar surface area (TPSA) is 26.0 Å². The molecule has 0 aliphatic heterocycles. The van der Waals surface area contributed by atoms with Crippen LogP contribution in [0.25, 0.3) is 0 Å². The summed E-state index contributed by atoms with van der Waals surface area (Å²) in [5.41, 5.74) is 8.06. The summed E-state index contributed by atoms with van der Waals surface area (Å²) in [6.07, 6.45) is 2.72. The molecule has 3 heteroatoms. The summed E-state index contributed by atoms with van der Waals surface area (Å²) >= 11 is 5.93. The molecule has 1 atom stereocenters. The zero-order valence-corrected chi connectivity index (χ0v) is 11.4. The molecule has 0 saturated heterocycles. The first-order chi connectivity index (χ1) is 9.18. The smallest absolute Gasteiger partial charge is 0.142 e. The third-order valence-corrected chi connectivity index (χ3v) is 3.60. The van der Waals surface area contributed by atoms with E-state index in [-0.39, 0.29) is 11.1 Å². The van der Waals surface area contributed by atoms with E-state index in [0.717, 1.165) is 19.3 Å². The Hall–Kier alpha value is -1.38. The van der Waals surface area contributed by atoms with Crippen molar-refractivity contribution in [2.75, 3.05) is 0 Å². The minimum absolute atomic E-state index is 0.148. The van der Waals surface area contributed by atoms with Crippen LogP contribution in [0.2, 0.25) is 5.02 Å². The van der Waals surface area contributed by atoms with Gasteiger partial charge in [0.05, 0.1) is 5.02 Å². The van der Waals surface area contributed by atoms with E-state index < -0.39 is 5.82 Å². The molecular weight excluding hydrogens is 261 g/mol. The normalized spacial score (nSPS) is 12.4. The molecule has 0 aromatic heterocycles. The van der Waals surface area contributed by atoms with Gasteiger partial charge < -0.3 is 5.73 Å². The molecule has 100 valence electrons. The van der Waals surface area contributed by atoms with Gasteiger partial charge in [-0.3, -0.25) is 0 Å². The molecule has 0 spiro atoms. The van der Waals surface area contributed by atoms with E-state index >= 15 is 0 Å². The van der Waals surface area contributed by atoms with Gasteiger partial charge in [-0.05, 0) is 36.5 Å². The zero-order valence-electron chi connectivity index (χ0n) is 10.7. The van der Waals surface area contributed by atoms with Crippen molar-refractivity contribution >= 4 is 11.6 Å². The molecule has 0 amide bonds. The van der Waals surface area contributed by atoms with Gasteiger partial charge in [0.15, 0.2) is 0 Å². The highest BCUT2D eigenvalue weighted by Crippen LogP contribution is 2.27. The van der Waals surface area contributed by atoms with Gasteiger partial charge in [0.1, 0.15) is 5.82 Å². The molecule has 2 aromatic carbocycles. The fourth-order valence-electron chi connectivity index (χ4n) is 2.13. The zero-order chi connectivity index (χ0) is 13.7. The van der Waals surface area contributed by atoms with E-state index in [0.29, 0.717) is 5.56 Å². The summed E-state index contributed by atoms with van der Waals surface area (Å²) in [6, 6.07) is 14.8. The maximum absolute atomic E-state index is 13.3. The molecule has 0 aliphatic carbocycles. The van der Waals surface area contributed by atoms with E-state index in [1.165, 1.54) is 11.6 Å². The van der Waals surface area contributed by atoms with Crippen molar-refractivity contribution < 1.29 is 4.39 Å². The van der Waals surface area contributed by atoms with Crippen molar-refractivity contribution in [3.63, 3.8) is 0 Å². The minimum atomic E-state index is -0.405. The maximum Gasteiger partial charge on any atom is 0.142 e. The molecule has 0 bridgehead atoms. The van der Waals surface area contributed by atoms with Crippen molar-refractivity contribution in [3.8, 4) is 0 Å². The van der Waals surface area contributed by atoms with Gasteiger partial charge in [0, 0.05) is 6.04 Å². The molecular formula is C16H17ClFN. The lowest BCUT2D eigenvalue weighted by atomic mass is 9.99. The molecule has 2 N–H and O–H groups in total. The summed E-state index contributed by atoms with van der Waals surface area (Å²) in [4.78, 5) is 0. The largest absolute Gasteiger partial charge is 0.324 e. The van der Waals surface area contributed by atoms with Gasteiger partial charge in [0.25, 0.3) is 0 Å². The van der Waals surface area contributed by atoms with Crippen molar-refractivity contribution in [2.24, 2.45) is 5.73 Å². The predicted octanol–water partition coefficient (Wildman–Crippen LogP) is 4.50. The second-order valence-electron chi connectivity index (χ2n) is 4.63. The molecule has 1 unspecified atom stereocenters. The first kappa shape index (κ1) is 14.0. The minimum Gasteiger partial charge on any atom is -0.324 e. The predicted molar refractivity (Wildman–Crippen MR) is 77.7 cm³/mol. The van der Waals surface area contributed by atoms with E-state index in [9.17, 15) is 4.39 Å². The maximum atomic E-state index is 13.3. The summed E-state index contributed by atoms with van der Waals surface area (Å²) in [5.74, 6) is -0.405. The van der Waals surface area contributed by atoms with Crippen LogP contribution in [0, 0.1) is 5.82 Å². The Morgan fingerprint density at radius 2 is 1.79 bits per heavy atom. The van der Waals surface area contributed by atoms with Gasteiger partial charge in [-0.1, -0.05) is 54.1 Å². The second-order valence-corrected chi connectivity index (χ2v) is 5.01. The molecule has 0 radical (unpaired) electrons. The van der Waals surface area contributed by atoms with Crippen LogP contribution in [-0.4, -0.2) is 0 Å². The average Bonchev–Trinajstić information content (AvgIpc) is 2.43. The lowest BCUT2D eigenvalue weighted by Gasteiger charge is -2.14. The standard InChI is InChI=1S/C16H17ClFN/c17-16-13(9-5-10-14(16)18)15(19)11-4-8-12-6-2-1-3-7-12/h1-3,5-7,9-10,15H,4,8,11,19H2. The number of hydrogen-bond donors (Lipinski definition) is 1. The molecule has 1 nitrogen and oxygen atoms in total. The highest BCUT2D eigenvalue weighted by atomic mass is 35.5. The fraction of sp³-hybridized carbons (Fsp3) is 0.250. The van der Waals surface area contributed by atoms with E-state index in [2.05, 4.69) is 12.1 Å². The van der Waals surface area contributed by atoms with Crippen molar-refractivity contribution in [3.05, 3.63) is 70.5 Å². The summed E-state index contributed by atoms with van der Waals surface area (Å²) in [5, 5.41) is 0.148. The number of rotatable bonds is 5. The molecule has 2 aromatic rings. The highest BCUT2D eigenvalue weighted by Gasteiger charge is 2.12. The Labute approximate surface area is 118 Å². The quantitative estimate of drug-likeness (QED) is 0.855. The molecule has 0 aliphatic rings. The fourth-order valence-corrected chi connectivity index (χ4v) is 2.40. The lowest BCUT2D eigenvalue weighted by Crippen LogP contribution is -2.11. The van der Waals surface area contributed by atoms with E-state index in [4.69, 9.17) is 17.3 Å². The first-order valence-electron chi connectivity index (χ1n) is 6.42. The SMILES string of the molecule is NC(CCCc1ccccc1)c1cccc(F)c1Cl. The summed E-state index contributed by atoms with van der Waals surface area (Å²) < 4.78 is 13.3. The van der Waals surface area contributed by atoms with Crippen LogP contribution >= 0.6 is 11.6 Å². The monoisotopic (exact) mass is 277 g/mol. The molecule has 0 heterocycles. The van der Waals surface area contributed by atoms with Gasteiger partial charge in [-0.25, -0.2) is 4.39 Å². The third kappa shape index (κ3) is 3.79. The van der Waals surface area contributed by atoms with Crippen molar-refractivity contribution in [1.29, 1.82) is 0 Å². The van der Waals surface area contributed by atoms with Crippen LogP contribution in [0.4, 0.5) is 4.39 Å². The lowest BCUT2D eigenvalue weighted by molar-refractivity contribution is 0.593. The van der Waals surface area contributed by atoms with Crippen LogP contribution in [0.5, 0.6) is 0 Å². The Morgan fingerprint density at radius 3 is 2.53 bits per heavy atom. The van der Waals surface area contributed by atoms with Gasteiger partial charge in [0.2, 0.25) is 0 Å². The molecule has 0 saturated carbocycles. The van der Waals surface area contributed by atoms with Crippen LogP contribution in [0.15, 0.2) is 48.5 Å². The first-order valence-corrected chi connectivity index (χ1v) is 6.79. The van der Waals surface area contributed by atoms with Gasteiger partial charge >= 0.3 is 0 Å². The van der Waals surface area contributed by atoms with Gasteiger partial charge in [-0.2, -0.15) is 0 Å². The Kier molecular flexibility index (Phi) is 4.94. The van der Waals surface area contributed by atoms with E-state index in [1.54, 1.807) is 12.1 Å². The van der Waals surface area contributed by atoms with Crippen molar-refractivity contribution in [2.45, 2.75) is 25.3 Å². The molecule has 0 fully saturated rings. The van der Waals surface area contributed by atoms with Crippen LogP contribution in [0.3, 0.4) is 0 Å². The molecule has 19 heavy (non-hydrogen) atoms. The number of hydrogen-bond acceptors (Lipinski definition) is 1. The van der Waals surface area contributed by atoms with Gasteiger partial charge in [-0.15, -0.1) is 0 Å². The number of halogens is 2. The second kappa shape index (κ2) is 6.69. The molecule has 2 rings (SSSR count). The van der Waals surface area contributed by atoms with Crippen LogP contribution in [-0.2, 0) is 6.42 Å². The van der Waals surface area contributed by atoms with Crippen LogP contribution < -0.4 is 5.73 Å². The van der Waals surface area contributed by atoms with Crippen LogP contribution in [0.1, 0.15) is 30.0 Å². The Morgan fingerprint density at radius 1 is 1.05 bits per heavy atom. The van der Waals surface area contributed by atoms with E-state index in [1.807, 2.05) is 18.2 Å². The number of nitrogens with two attached hydrogens (primary N) is 1. The highest BCUT2D eigenvalue weighted by molar-refractivity contribution is 6.31. The van der Waals surface area contributed by atoms with Crippen molar-refractivity contribution in [1.82, 2.24) is 0 Å². The Balaban J connectivity index is 1.91. The summed E-state index contributed by atoms with van der Waals surface area (Å²) in [7, 11) is 0. The number of benzene rings is 2. The third-order valence-electron chi connectivity index (χ3n) is 3.20. The Bertz CT molecular complexity index is 528.